The molecule has 0 spiro atoms. The van der Waals surface area contributed by atoms with Crippen LogP contribution in [0.5, 0.6) is 5.75 Å². The lowest BCUT2D eigenvalue weighted by molar-refractivity contribution is 0.0749. The summed E-state index contributed by atoms with van der Waals surface area (Å²) in [6.45, 7) is 0. The van der Waals surface area contributed by atoms with Crippen molar-refractivity contribution in [3.63, 3.8) is 0 Å². The van der Waals surface area contributed by atoms with E-state index in [2.05, 4.69) is 12.7 Å². The van der Waals surface area contributed by atoms with Crippen molar-refractivity contribution in [1.29, 1.82) is 0 Å². The molecular weight excluding hydrogens is 143 g/mol. The van der Waals surface area contributed by atoms with E-state index < -0.39 is 5.97 Å². The van der Waals surface area contributed by atoms with Crippen molar-refractivity contribution in [3.05, 3.63) is 29.8 Å². The van der Waals surface area contributed by atoms with Crippen LogP contribution < -0.4 is 0 Å². The van der Waals surface area contributed by atoms with Crippen LogP contribution in [0.2, 0.25) is 0 Å². The molecule has 0 unspecified atom stereocenters. The molecule has 0 heterocycles. The number of aromatic hydroxyl groups is 1. The quantitative estimate of drug-likeness (QED) is 0.594. The Morgan fingerprint density at radius 3 is 2.82 bits per heavy atom. The monoisotopic (exact) mass is 148 g/mol. The van der Waals surface area contributed by atoms with Gasteiger partial charge in [0.15, 0.2) is 0 Å². The lowest BCUT2D eigenvalue weighted by Crippen LogP contribution is -2.01. The molecule has 1 rings (SSSR count). The molecule has 0 bridgehead atoms. The third kappa shape index (κ3) is 1.74. The van der Waals surface area contributed by atoms with E-state index in [0.717, 1.165) is 0 Å². The first kappa shape index (κ1) is 7.66. The molecule has 1 N–H and O–H groups in total. The Morgan fingerprint density at radius 2 is 2.27 bits per heavy atom. The molecule has 3 nitrogen and oxygen atoms in total. The second-order valence-corrected chi connectivity index (χ2v) is 1.96. The first-order valence-corrected chi connectivity index (χ1v) is 2.94. The van der Waals surface area contributed by atoms with E-state index in [9.17, 15) is 4.79 Å². The van der Waals surface area contributed by atoms with Gasteiger partial charge in [0.1, 0.15) is 5.75 Å². The third-order valence-corrected chi connectivity index (χ3v) is 1.19. The van der Waals surface area contributed by atoms with Crippen molar-refractivity contribution in [2.45, 2.75) is 0 Å². The molecule has 0 aromatic heterocycles. The molecule has 1 aromatic carbocycles. The number of hydrogen-bond acceptors (Lipinski definition) is 3. The minimum atomic E-state index is -0.666. The van der Waals surface area contributed by atoms with Crippen LogP contribution in [0.3, 0.4) is 0 Å². The zero-order chi connectivity index (χ0) is 8.27. The molecule has 0 saturated carbocycles. The van der Waals surface area contributed by atoms with Crippen LogP contribution in [0.1, 0.15) is 10.4 Å². The Hall–Kier alpha value is -1.45. The van der Waals surface area contributed by atoms with Gasteiger partial charge >= 0.3 is 14.0 Å². The van der Waals surface area contributed by atoms with Crippen molar-refractivity contribution in [3.8, 4) is 5.75 Å². The topological polar surface area (TPSA) is 46.5 Å². The van der Waals surface area contributed by atoms with Gasteiger partial charge in [0, 0.05) is 0 Å². The molecule has 1 aromatic rings. The maximum atomic E-state index is 10.7. The molecule has 2 radical (unpaired) electrons. The molecule has 0 saturated heterocycles. The molecule has 0 aliphatic rings. The molecule has 4 heteroatoms. The van der Waals surface area contributed by atoms with Crippen molar-refractivity contribution in [2.75, 3.05) is 0 Å². The molecule has 0 fully saturated rings. The van der Waals surface area contributed by atoms with Gasteiger partial charge in [-0.15, -0.1) is 0 Å². The first-order valence-electron chi connectivity index (χ1n) is 2.94. The minimum Gasteiger partial charge on any atom is -0.540 e. The molecule has 54 valence electrons. The van der Waals surface area contributed by atoms with Crippen molar-refractivity contribution in [1.82, 2.24) is 0 Å². The summed E-state index contributed by atoms with van der Waals surface area (Å²) in [5.74, 6) is -0.659. The van der Waals surface area contributed by atoms with Gasteiger partial charge < -0.3 is 9.76 Å². The number of rotatable bonds is 1. The molecule has 0 atom stereocenters. The normalized spacial score (nSPS) is 9.09. The summed E-state index contributed by atoms with van der Waals surface area (Å²) >= 11 is 0. The highest BCUT2D eigenvalue weighted by molar-refractivity contribution is 6.09. The number of carbonyl (C=O) groups excluding carboxylic acids is 1. The van der Waals surface area contributed by atoms with Gasteiger partial charge in [-0.1, -0.05) is 6.07 Å². The van der Waals surface area contributed by atoms with E-state index in [4.69, 9.17) is 5.11 Å². The van der Waals surface area contributed by atoms with E-state index in [1.54, 1.807) is 0 Å². The SMILES string of the molecule is [B]OC(=O)c1cccc(O)c1. The lowest BCUT2D eigenvalue weighted by atomic mass is 10.2. The van der Waals surface area contributed by atoms with Gasteiger partial charge in [-0.25, -0.2) is 4.79 Å². The summed E-state index contributed by atoms with van der Waals surface area (Å²) in [4.78, 5) is 10.7. The van der Waals surface area contributed by atoms with Crippen LogP contribution in [0.4, 0.5) is 0 Å². The van der Waals surface area contributed by atoms with E-state index in [1.165, 1.54) is 24.3 Å². The predicted octanol–water partition coefficient (Wildman–Crippen LogP) is 0.632. The summed E-state index contributed by atoms with van der Waals surface area (Å²) < 4.78 is 3.94. The zero-order valence-electron chi connectivity index (χ0n) is 5.65. The van der Waals surface area contributed by atoms with Crippen LogP contribution in [-0.4, -0.2) is 19.1 Å². The second-order valence-electron chi connectivity index (χ2n) is 1.96. The molecular formula is C7H5BO3. The fraction of sp³-hybridized carbons (Fsp3) is 0. The highest BCUT2D eigenvalue weighted by Gasteiger charge is 2.03. The highest BCUT2D eigenvalue weighted by atomic mass is 16.5. The number of carbonyl (C=O) groups is 1. The largest absolute Gasteiger partial charge is 0.540 e. The van der Waals surface area contributed by atoms with Gasteiger partial charge in [-0.05, 0) is 18.2 Å². The van der Waals surface area contributed by atoms with Crippen LogP contribution in [0, 0.1) is 0 Å². The Balaban J connectivity index is 2.96. The fourth-order valence-corrected chi connectivity index (χ4v) is 0.701. The number of phenolic OH excluding ortho intramolecular Hbond substituents is 1. The van der Waals surface area contributed by atoms with E-state index in [1.807, 2.05) is 0 Å². The summed E-state index contributed by atoms with van der Waals surface area (Å²) in [6.07, 6.45) is 0. The van der Waals surface area contributed by atoms with Gasteiger partial charge in [-0.3, -0.25) is 0 Å². The minimum absolute atomic E-state index is 0.00731. The van der Waals surface area contributed by atoms with Gasteiger partial charge in [0.05, 0.1) is 5.56 Å². The lowest BCUT2D eigenvalue weighted by Gasteiger charge is -1.98. The summed E-state index contributed by atoms with van der Waals surface area (Å²) in [5, 5.41) is 8.91. The molecule has 11 heavy (non-hydrogen) atoms. The Kier molecular flexibility index (Phi) is 2.16. The maximum absolute atomic E-state index is 10.7. The standard InChI is InChI=1S/C7H5BO3/c8-11-7(10)5-2-1-3-6(9)4-5/h1-4,9H. The number of hydrogen-bond donors (Lipinski definition) is 1. The molecule has 0 amide bonds. The average molecular weight is 148 g/mol. The predicted molar refractivity (Wildman–Crippen MR) is 39.3 cm³/mol. The Bertz CT molecular complexity index is 272. The second kappa shape index (κ2) is 3.10. The van der Waals surface area contributed by atoms with E-state index >= 15 is 0 Å². The summed E-state index contributed by atoms with van der Waals surface area (Å²) in [7, 11) is 4.62. The fourth-order valence-electron chi connectivity index (χ4n) is 0.701. The summed E-state index contributed by atoms with van der Waals surface area (Å²) in [6, 6.07) is 5.75. The van der Waals surface area contributed by atoms with Crippen LogP contribution in [0.25, 0.3) is 0 Å². The average Bonchev–Trinajstić information content (AvgIpc) is 2.03. The maximum Gasteiger partial charge on any atom is 0.378 e. The van der Waals surface area contributed by atoms with Crippen molar-refractivity contribution in [2.24, 2.45) is 0 Å². The molecule has 0 aliphatic carbocycles. The Morgan fingerprint density at radius 1 is 1.55 bits per heavy atom. The van der Waals surface area contributed by atoms with Crippen molar-refractivity contribution < 1.29 is 14.6 Å². The van der Waals surface area contributed by atoms with Gasteiger partial charge in [0.25, 0.3) is 0 Å². The Labute approximate surface area is 65.1 Å². The number of benzene rings is 1. The third-order valence-electron chi connectivity index (χ3n) is 1.19. The van der Waals surface area contributed by atoms with Crippen molar-refractivity contribution >= 4 is 14.0 Å². The summed E-state index contributed by atoms with van der Waals surface area (Å²) in [5.41, 5.74) is 0.229. The van der Waals surface area contributed by atoms with Crippen LogP contribution >= 0.6 is 0 Å². The van der Waals surface area contributed by atoms with Gasteiger partial charge in [-0.2, -0.15) is 0 Å². The van der Waals surface area contributed by atoms with Crippen LogP contribution in [0.15, 0.2) is 24.3 Å². The smallest absolute Gasteiger partial charge is 0.378 e. The first-order chi connectivity index (χ1) is 5.24. The molecule has 0 aliphatic heterocycles. The highest BCUT2D eigenvalue weighted by Crippen LogP contribution is 2.10. The number of phenols is 1. The van der Waals surface area contributed by atoms with Crippen LogP contribution in [-0.2, 0) is 4.65 Å². The van der Waals surface area contributed by atoms with Gasteiger partial charge in [0.2, 0.25) is 0 Å². The zero-order valence-corrected chi connectivity index (χ0v) is 5.65. The van der Waals surface area contributed by atoms with E-state index in [0.29, 0.717) is 0 Å². The van der Waals surface area contributed by atoms with E-state index in [-0.39, 0.29) is 11.3 Å².